The zero-order valence-electron chi connectivity index (χ0n) is 11.3. The van der Waals surface area contributed by atoms with Gasteiger partial charge in [-0.25, -0.2) is 0 Å². The van der Waals surface area contributed by atoms with Gasteiger partial charge >= 0.3 is 0 Å². The normalized spacial score (nSPS) is 11.8. The van der Waals surface area contributed by atoms with Gasteiger partial charge in [0.1, 0.15) is 8.07 Å². The first-order chi connectivity index (χ1) is 8.63. The number of hydrogen-bond acceptors (Lipinski definition) is 0. The van der Waals surface area contributed by atoms with E-state index in [4.69, 9.17) is 0 Å². The lowest BCUT2D eigenvalue weighted by Crippen LogP contribution is -2.56. The third kappa shape index (κ3) is 2.73. The molecule has 0 amide bonds. The second-order valence-corrected chi connectivity index (χ2v) is 9.14. The maximum absolute atomic E-state index is 4.69. The minimum atomic E-state index is -1.81. The van der Waals surface area contributed by atoms with E-state index in [1.165, 1.54) is 16.4 Å². The second-order valence-electron chi connectivity index (χ2n) is 5.41. The van der Waals surface area contributed by atoms with Crippen LogP contribution in [0.5, 0.6) is 0 Å². The van der Waals surface area contributed by atoms with E-state index in [0.29, 0.717) is 5.92 Å². The highest BCUT2D eigenvalue weighted by molar-refractivity contribution is 7.03. The van der Waals surface area contributed by atoms with Crippen LogP contribution in [0.2, 0.25) is 6.04 Å². The molecule has 0 N–H and O–H groups in total. The summed E-state index contributed by atoms with van der Waals surface area (Å²) >= 11 is 0. The molecule has 1 radical (unpaired) electrons. The third-order valence-electron chi connectivity index (χ3n) is 3.41. The van der Waals surface area contributed by atoms with Crippen LogP contribution in [0.15, 0.2) is 60.7 Å². The van der Waals surface area contributed by atoms with Gasteiger partial charge in [0.25, 0.3) is 0 Å². The molecule has 2 aromatic carbocycles. The fourth-order valence-electron chi connectivity index (χ4n) is 2.61. The van der Waals surface area contributed by atoms with Crippen molar-refractivity contribution in [2.45, 2.75) is 19.9 Å². The molecule has 2 rings (SSSR count). The molecule has 0 saturated carbocycles. The number of benzene rings is 2. The summed E-state index contributed by atoms with van der Waals surface area (Å²) in [5.41, 5.74) is 0. The van der Waals surface area contributed by atoms with Gasteiger partial charge in [-0.15, -0.1) is 0 Å². The van der Waals surface area contributed by atoms with E-state index in [1.807, 2.05) is 0 Å². The summed E-state index contributed by atoms with van der Waals surface area (Å²) in [5, 5.41) is 2.87. The van der Waals surface area contributed by atoms with Gasteiger partial charge in [-0.3, -0.25) is 0 Å². The molecular formula is C17H21Si. The average Bonchev–Trinajstić information content (AvgIpc) is 2.40. The molecule has 0 fully saturated rings. The standard InChI is InChI=1S/C17H21Si/c1-15(2)14-18(3,16-10-6-4-7-11-16)17-12-8-5-9-13-17/h4-13,15H,3,14H2,1-2H3. The van der Waals surface area contributed by atoms with Gasteiger partial charge in [-0.1, -0.05) is 91.4 Å². The van der Waals surface area contributed by atoms with E-state index in [0.717, 1.165) is 0 Å². The van der Waals surface area contributed by atoms with Crippen molar-refractivity contribution in [2.75, 3.05) is 0 Å². The maximum Gasteiger partial charge on any atom is 0.118 e. The minimum absolute atomic E-state index is 0.676. The van der Waals surface area contributed by atoms with Crippen LogP contribution < -0.4 is 10.4 Å². The Balaban J connectivity index is 2.48. The van der Waals surface area contributed by atoms with Crippen LogP contribution in [-0.2, 0) is 0 Å². The van der Waals surface area contributed by atoms with E-state index in [-0.39, 0.29) is 0 Å². The Morgan fingerprint density at radius 1 is 0.833 bits per heavy atom. The van der Waals surface area contributed by atoms with Crippen LogP contribution in [0.1, 0.15) is 13.8 Å². The van der Waals surface area contributed by atoms with Crippen molar-refractivity contribution < 1.29 is 0 Å². The number of rotatable bonds is 4. The van der Waals surface area contributed by atoms with E-state index >= 15 is 0 Å². The molecule has 0 bridgehead atoms. The second kappa shape index (κ2) is 5.53. The fourth-order valence-corrected chi connectivity index (χ4v) is 6.47. The van der Waals surface area contributed by atoms with Gasteiger partial charge in [0.15, 0.2) is 0 Å². The zero-order chi connectivity index (χ0) is 13.0. The largest absolute Gasteiger partial charge is 0.118 e. The molecule has 0 aromatic heterocycles. The highest BCUT2D eigenvalue weighted by Gasteiger charge is 2.32. The van der Waals surface area contributed by atoms with Gasteiger partial charge in [-0.05, 0) is 12.0 Å². The molecule has 0 nitrogen and oxygen atoms in total. The minimum Gasteiger partial charge on any atom is -0.0630 e. The molecule has 0 aliphatic carbocycles. The lowest BCUT2D eigenvalue weighted by atomic mass is 10.3. The highest BCUT2D eigenvalue weighted by atomic mass is 28.3. The van der Waals surface area contributed by atoms with Crippen LogP contribution in [0.4, 0.5) is 0 Å². The van der Waals surface area contributed by atoms with Crippen molar-refractivity contribution in [1.82, 2.24) is 0 Å². The first-order valence-electron chi connectivity index (χ1n) is 6.59. The smallest absolute Gasteiger partial charge is 0.0630 e. The highest BCUT2D eigenvalue weighted by Crippen LogP contribution is 2.16. The Kier molecular flexibility index (Phi) is 4.03. The van der Waals surface area contributed by atoms with E-state index in [9.17, 15) is 0 Å². The van der Waals surface area contributed by atoms with E-state index in [1.54, 1.807) is 0 Å². The molecule has 2 aromatic rings. The average molecular weight is 253 g/mol. The summed E-state index contributed by atoms with van der Waals surface area (Å²) < 4.78 is 0. The predicted octanol–water partition coefficient (Wildman–Crippen LogP) is 3.28. The molecule has 0 saturated heterocycles. The Labute approximate surface area is 112 Å². The van der Waals surface area contributed by atoms with Gasteiger partial charge in [0.05, 0.1) is 0 Å². The van der Waals surface area contributed by atoms with Crippen LogP contribution in [0.25, 0.3) is 0 Å². The van der Waals surface area contributed by atoms with Crippen molar-refractivity contribution in [3.05, 3.63) is 67.2 Å². The topological polar surface area (TPSA) is 0 Å². The van der Waals surface area contributed by atoms with Crippen molar-refractivity contribution in [2.24, 2.45) is 5.92 Å². The molecular weight excluding hydrogens is 232 g/mol. The Bertz CT molecular complexity index is 434. The Morgan fingerprint density at radius 2 is 1.22 bits per heavy atom. The third-order valence-corrected chi connectivity index (χ3v) is 7.80. The predicted molar refractivity (Wildman–Crippen MR) is 82.9 cm³/mol. The lowest BCUT2D eigenvalue weighted by molar-refractivity contribution is 0.726. The summed E-state index contributed by atoms with van der Waals surface area (Å²) in [6, 6.07) is 22.9. The van der Waals surface area contributed by atoms with Crippen molar-refractivity contribution >= 4 is 18.4 Å². The SMILES string of the molecule is [CH2][Si](CC(C)C)(c1ccccc1)c1ccccc1. The first kappa shape index (κ1) is 13.1. The molecule has 0 heterocycles. The molecule has 0 unspecified atom stereocenters. The van der Waals surface area contributed by atoms with Gasteiger partial charge in [0.2, 0.25) is 0 Å². The summed E-state index contributed by atoms with van der Waals surface area (Å²) in [5.74, 6) is 0.676. The Morgan fingerprint density at radius 3 is 1.56 bits per heavy atom. The van der Waals surface area contributed by atoms with E-state index < -0.39 is 8.07 Å². The van der Waals surface area contributed by atoms with Crippen LogP contribution in [0.3, 0.4) is 0 Å². The first-order valence-corrected chi connectivity index (χ1v) is 9.01. The molecule has 1 heteroatoms. The molecule has 0 atom stereocenters. The van der Waals surface area contributed by atoms with Crippen LogP contribution in [-0.4, -0.2) is 8.07 Å². The lowest BCUT2D eigenvalue weighted by Gasteiger charge is -2.30. The van der Waals surface area contributed by atoms with Gasteiger partial charge in [0, 0.05) is 0 Å². The van der Waals surface area contributed by atoms with Crippen molar-refractivity contribution in [3.63, 3.8) is 0 Å². The van der Waals surface area contributed by atoms with Gasteiger partial charge < -0.3 is 0 Å². The summed E-state index contributed by atoms with van der Waals surface area (Å²) in [6.45, 7) is 9.27. The molecule has 18 heavy (non-hydrogen) atoms. The van der Waals surface area contributed by atoms with Crippen molar-refractivity contribution in [3.8, 4) is 0 Å². The quantitative estimate of drug-likeness (QED) is 0.734. The molecule has 0 spiro atoms. The molecule has 93 valence electrons. The summed E-state index contributed by atoms with van der Waals surface area (Å²) in [6.07, 6.45) is 0. The monoisotopic (exact) mass is 253 g/mol. The summed E-state index contributed by atoms with van der Waals surface area (Å²) in [4.78, 5) is 0. The van der Waals surface area contributed by atoms with Gasteiger partial charge in [-0.2, -0.15) is 0 Å². The molecule has 0 aliphatic heterocycles. The maximum atomic E-state index is 4.69. The van der Waals surface area contributed by atoms with E-state index in [2.05, 4.69) is 81.1 Å². The molecule has 0 aliphatic rings. The van der Waals surface area contributed by atoms with Crippen LogP contribution >= 0.6 is 0 Å². The fraction of sp³-hybridized carbons (Fsp3) is 0.235. The Hall–Kier alpha value is -1.34. The van der Waals surface area contributed by atoms with Crippen molar-refractivity contribution in [1.29, 1.82) is 0 Å². The zero-order valence-corrected chi connectivity index (χ0v) is 12.3. The summed E-state index contributed by atoms with van der Waals surface area (Å²) in [7, 11) is -1.81. The van der Waals surface area contributed by atoms with Crippen LogP contribution in [0, 0.1) is 12.5 Å². The number of hydrogen-bond donors (Lipinski definition) is 0.